The van der Waals surface area contributed by atoms with E-state index in [-0.39, 0.29) is 33.6 Å². The predicted octanol–water partition coefficient (Wildman–Crippen LogP) is 4.46. The van der Waals surface area contributed by atoms with E-state index in [4.69, 9.17) is 21.1 Å². The third-order valence-electron chi connectivity index (χ3n) is 5.09. The van der Waals surface area contributed by atoms with Gasteiger partial charge in [-0.2, -0.15) is 0 Å². The molecule has 0 radical (unpaired) electrons. The van der Waals surface area contributed by atoms with Gasteiger partial charge in [0.15, 0.2) is 18.1 Å². The molecule has 37 heavy (non-hydrogen) atoms. The summed E-state index contributed by atoms with van der Waals surface area (Å²) < 4.78 is 37.7. The van der Waals surface area contributed by atoms with Crippen molar-refractivity contribution in [3.05, 3.63) is 83.4 Å². The van der Waals surface area contributed by atoms with E-state index in [0.717, 1.165) is 6.08 Å². The third kappa shape index (κ3) is 7.02. The number of carbonyl (C=O) groups excluding carboxylic acids is 2. The predicted molar refractivity (Wildman–Crippen MR) is 141 cm³/mol. The molecule has 2 N–H and O–H groups in total. The number of ether oxygens (including phenoxy) is 2. The molecule has 0 unspecified atom stereocenters. The summed E-state index contributed by atoms with van der Waals surface area (Å²) in [5.41, 5.74) is 1.12. The minimum absolute atomic E-state index is 0.0445. The van der Waals surface area contributed by atoms with Crippen molar-refractivity contribution in [2.75, 3.05) is 29.9 Å². The fraction of sp³-hybridized carbons (Fsp3) is 0.154. The summed E-state index contributed by atoms with van der Waals surface area (Å²) in [4.78, 5) is 24.3. The van der Waals surface area contributed by atoms with Crippen molar-refractivity contribution in [1.29, 1.82) is 0 Å². The van der Waals surface area contributed by atoms with Crippen LogP contribution in [-0.2, 0) is 24.3 Å². The summed E-state index contributed by atoms with van der Waals surface area (Å²) in [7, 11) is -2.54. The Morgan fingerprint density at radius 2 is 1.81 bits per heavy atom. The third-order valence-corrected chi connectivity index (χ3v) is 7.32. The van der Waals surface area contributed by atoms with E-state index in [1.165, 1.54) is 47.8 Å². The van der Waals surface area contributed by atoms with Gasteiger partial charge in [0.2, 0.25) is 0 Å². The van der Waals surface area contributed by atoms with E-state index in [1.54, 1.807) is 43.3 Å². The second-order valence-corrected chi connectivity index (χ2v) is 9.84. The maximum Gasteiger partial charge on any atom is 0.331 e. The lowest BCUT2D eigenvalue weighted by molar-refractivity contribution is -0.142. The number of amides is 1. The quantitative estimate of drug-likeness (QED) is 0.285. The van der Waals surface area contributed by atoms with Crippen LogP contribution in [0.3, 0.4) is 0 Å². The highest BCUT2D eigenvalue weighted by Gasteiger charge is 2.24. The maximum absolute atomic E-state index is 13.2. The Balaban J connectivity index is 1.66. The van der Waals surface area contributed by atoms with Crippen LogP contribution < -0.4 is 14.4 Å². The number of anilines is 2. The lowest BCUT2D eigenvalue weighted by Crippen LogP contribution is -2.30. The van der Waals surface area contributed by atoms with Crippen molar-refractivity contribution in [2.24, 2.45) is 0 Å². The highest BCUT2D eigenvalue weighted by atomic mass is 35.5. The molecule has 194 valence electrons. The molecule has 0 aliphatic carbocycles. The van der Waals surface area contributed by atoms with Gasteiger partial charge < -0.3 is 19.9 Å². The molecule has 3 aromatic rings. The number of phenolic OH excluding ortho intramolecular Hbond substituents is 1. The molecule has 3 rings (SSSR count). The first-order chi connectivity index (χ1) is 17.6. The number of carbonyl (C=O) groups is 2. The van der Waals surface area contributed by atoms with Crippen LogP contribution in [0, 0.1) is 0 Å². The van der Waals surface area contributed by atoms with Crippen molar-refractivity contribution in [3.8, 4) is 11.5 Å². The van der Waals surface area contributed by atoms with Crippen LogP contribution in [0.1, 0.15) is 12.5 Å². The van der Waals surface area contributed by atoms with Gasteiger partial charge in [-0.15, -0.1) is 0 Å². The smallest absolute Gasteiger partial charge is 0.331 e. The molecule has 0 atom stereocenters. The van der Waals surface area contributed by atoms with Crippen LogP contribution in [0.15, 0.2) is 77.7 Å². The molecule has 9 nitrogen and oxygen atoms in total. The number of sulfonamides is 1. The molecule has 0 aliphatic rings. The molecule has 0 saturated carbocycles. The molecule has 0 spiro atoms. The van der Waals surface area contributed by atoms with Crippen molar-refractivity contribution in [3.63, 3.8) is 0 Å². The topological polar surface area (TPSA) is 122 Å². The van der Waals surface area contributed by atoms with Gasteiger partial charge in [0.25, 0.3) is 15.9 Å². The highest BCUT2D eigenvalue weighted by molar-refractivity contribution is 7.92. The molecular formula is C26H25ClN2O7S. The molecule has 0 aliphatic heterocycles. The second kappa shape index (κ2) is 12.3. The number of hydrogen-bond donors (Lipinski definition) is 2. The van der Waals surface area contributed by atoms with E-state index >= 15 is 0 Å². The zero-order valence-corrected chi connectivity index (χ0v) is 21.6. The maximum atomic E-state index is 13.2. The molecule has 1 amide bonds. The van der Waals surface area contributed by atoms with E-state index < -0.39 is 28.5 Å². The fourth-order valence-corrected chi connectivity index (χ4v) is 4.97. The summed E-state index contributed by atoms with van der Waals surface area (Å²) in [6.07, 6.45) is 2.54. The normalized spacial score (nSPS) is 11.2. The van der Waals surface area contributed by atoms with Crippen LogP contribution in [0.2, 0.25) is 5.02 Å². The summed E-state index contributed by atoms with van der Waals surface area (Å²) in [6.45, 7) is 1.28. The zero-order valence-electron chi connectivity index (χ0n) is 20.0. The number of hydrogen-bond acceptors (Lipinski definition) is 7. The summed E-state index contributed by atoms with van der Waals surface area (Å²) in [6, 6.07) is 17.1. The average molecular weight is 545 g/mol. The van der Waals surface area contributed by atoms with Crippen molar-refractivity contribution in [1.82, 2.24) is 0 Å². The molecule has 3 aromatic carbocycles. The van der Waals surface area contributed by atoms with Gasteiger partial charge in [0, 0.05) is 12.6 Å². The highest BCUT2D eigenvalue weighted by Crippen LogP contribution is 2.29. The lowest BCUT2D eigenvalue weighted by atomic mass is 10.2. The molecule has 11 heteroatoms. The zero-order chi connectivity index (χ0) is 27.0. The van der Waals surface area contributed by atoms with Crippen molar-refractivity contribution in [2.45, 2.75) is 11.8 Å². The SMILES string of the molecule is CCN(c1ccccc1)S(=O)(=O)c1ccc(Cl)c(NC(=O)COC(=O)C=Cc2ccc(O)c(OC)c2)c1. The van der Waals surface area contributed by atoms with Crippen molar-refractivity contribution < 1.29 is 32.6 Å². The minimum Gasteiger partial charge on any atom is -0.504 e. The number of benzene rings is 3. The standard InChI is InChI=1S/C26H25ClN2O7S/c1-3-29(19-7-5-4-6-8-19)37(33,34)20-11-12-21(27)22(16-20)28-25(31)17-36-26(32)14-10-18-9-13-23(30)24(15-18)35-2/h4-16,30H,3,17H2,1-2H3,(H,28,31). The first-order valence-electron chi connectivity index (χ1n) is 11.0. The van der Waals surface area contributed by atoms with Crippen molar-refractivity contribution >= 4 is 51.0 Å². The van der Waals surface area contributed by atoms with Gasteiger partial charge in [-0.25, -0.2) is 13.2 Å². The summed E-state index contributed by atoms with van der Waals surface area (Å²) >= 11 is 6.17. The van der Waals surface area contributed by atoms with E-state index in [9.17, 15) is 23.1 Å². The molecule has 0 aromatic heterocycles. The first kappa shape index (κ1) is 27.6. The number of nitrogens with zero attached hydrogens (tertiary/aromatic N) is 1. The second-order valence-electron chi connectivity index (χ2n) is 7.57. The number of halogens is 1. The van der Waals surface area contributed by atoms with Crippen LogP contribution in [0.5, 0.6) is 11.5 Å². The molecule has 0 heterocycles. The monoisotopic (exact) mass is 544 g/mol. The number of rotatable bonds is 10. The number of phenols is 1. The molecular weight excluding hydrogens is 520 g/mol. The van der Waals surface area contributed by atoms with E-state index in [0.29, 0.717) is 11.3 Å². The first-order valence-corrected chi connectivity index (χ1v) is 12.9. The Bertz CT molecular complexity index is 1410. The van der Waals surface area contributed by atoms with Gasteiger partial charge >= 0.3 is 5.97 Å². The number of nitrogens with one attached hydrogen (secondary N) is 1. The van der Waals surface area contributed by atoms with Crippen LogP contribution in [0.25, 0.3) is 6.08 Å². The van der Waals surface area contributed by atoms with Gasteiger partial charge in [-0.05, 0) is 61.0 Å². The Morgan fingerprint density at radius 3 is 2.49 bits per heavy atom. The van der Waals surface area contributed by atoms with Crippen LogP contribution in [0.4, 0.5) is 11.4 Å². The Morgan fingerprint density at radius 1 is 1.08 bits per heavy atom. The largest absolute Gasteiger partial charge is 0.504 e. The van der Waals surface area contributed by atoms with Gasteiger partial charge in [-0.3, -0.25) is 9.10 Å². The Hall–Kier alpha value is -4.02. The number of methoxy groups -OCH3 is 1. The number of esters is 1. The van der Waals surface area contributed by atoms with Crippen LogP contribution >= 0.6 is 11.6 Å². The summed E-state index contributed by atoms with van der Waals surface area (Å²) in [5, 5.41) is 12.2. The van der Waals surface area contributed by atoms with Gasteiger partial charge in [0.1, 0.15) is 0 Å². The van der Waals surface area contributed by atoms with Gasteiger partial charge in [0.05, 0.1) is 28.4 Å². The van der Waals surface area contributed by atoms with Crippen LogP contribution in [-0.4, -0.2) is 45.7 Å². The fourth-order valence-electron chi connectivity index (χ4n) is 3.31. The van der Waals surface area contributed by atoms with E-state index in [1.807, 2.05) is 0 Å². The lowest BCUT2D eigenvalue weighted by Gasteiger charge is -2.23. The summed E-state index contributed by atoms with van der Waals surface area (Å²) in [5.74, 6) is -1.30. The molecule has 0 fully saturated rings. The minimum atomic E-state index is -3.94. The number of aromatic hydroxyl groups is 1. The number of para-hydroxylation sites is 1. The van der Waals surface area contributed by atoms with Gasteiger partial charge in [-0.1, -0.05) is 35.9 Å². The molecule has 0 bridgehead atoms. The average Bonchev–Trinajstić information content (AvgIpc) is 2.89. The van der Waals surface area contributed by atoms with E-state index in [2.05, 4.69) is 5.32 Å². The Labute approximate surface area is 219 Å². The molecule has 0 saturated heterocycles. The Kier molecular flexibility index (Phi) is 9.15.